The van der Waals surface area contributed by atoms with E-state index in [1.807, 2.05) is 78.0 Å². The van der Waals surface area contributed by atoms with E-state index in [0.29, 0.717) is 54.6 Å². The number of thiophene rings is 1. The molecule has 1 N–H and O–H groups in total. The maximum absolute atomic E-state index is 13.0. The normalized spacial score (nSPS) is 16.1. The van der Waals surface area contributed by atoms with Crippen LogP contribution in [0.15, 0.2) is 42.5 Å². The average molecular weight is 600 g/mol. The number of hydrogen-bond donors (Lipinski definition) is 1. The molecule has 0 spiro atoms. The Hall–Kier alpha value is -3.30. The van der Waals surface area contributed by atoms with Gasteiger partial charge in [-0.1, -0.05) is 29.8 Å². The molecule has 0 saturated carbocycles. The molecule has 3 amide bonds. The molecule has 0 unspecified atom stereocenters. The minimum atomic E-state index is -0.534. The lowest BCUT2D eigenvalue weighted by molar-refractivity contribution is 0.0260. The van der Waals surface area contributed by atoms with Crippen molar-refractivity contribution in [1.29, 1.82) is 0 Å². The highest BCUT2D eigenvalue weighted by Crippen LogP contribution is 2.33. The highest BCUT2D eigenvalue weighted by atomic mass is 35.5. The average Bonchev–Trinajstić information content (AvgIpc) is 3.38. The lowest BCUT2D eigenvalue weighted by atomic mass is 9.99. The number of carbonyl (C=O) groups is 3. The van der Waals surface area contributed by atoms with Crippen molar-refractivity contribution in [2.45, 2.75) is 65.6 Å². The molecule has 0 atom stereocenters. The van der Waals surface area contributed by atoms with E-state index in [2.05, 4.69) is 5.32 Å². The van der Waals surface area contributed by atoms with Gasteiger partial charge in [0.05, 0.1) is 9.90 Å². The van der Waals surface area contributed by atoms with Gasteiger partial charge in [-0.05, 0) is 95.4 Å². The zero-order valence-corrected chi connectivity index (χ0v) is 26.1. The first-order valence-electron chi connectivity index (χ1n) is 13.7. The molecule has 2 aromatic rings. The zero-order chi connectivity index (χ0) is 29.9. The molecule has 41 heavy (non-hydrogen) atoms. The van der Waals surface area contributed by atoms with Crippen LogP contribution in [0.1, 0.15) is 74.5 Å². The summed E-state index contributed by atoms with van der Waals surface area (Å²) in [6, 6.07) is 9.25. The van der Waals surface area contributed by atoms with Gasteiger partial charge >= 0.3 is 12.2 Å². The highest BCUT2D eigenvalue weighted by molar-refractivity contribution is 7.15. The van der Waals surface area contributed by atoms with Crippen molar-refractivity contribution in [1.82, 2.24) is 9.80 Å². The van der Waals surface area contributed by atoms with E-state index in [0.717, 1.165) is 21.6 Å². The first-order chi connectivity index (χ1) is 19.2. The van der Waals surface area contributed by atoms with Crippen LogP contribution in [0, 0.1) is 0 Å². The molecule has 10 heteroatoms. The van der Waals surface area contributed by atoms with Gasteiger partial charge in [0, 0.05) is 36.7 Å². The molecule has 220 valence electrons. The van der Waals surface area contributed by atoms with Gasteiger partial charge in [0.25, 0.3) is 5.91 Å². The topological polar surface area (TPSA) is 88.2 Å². The van der Waals surface area contributed by atoms with E-state index < -0.39 is 11.2 Å². The standard InChI is InChI=1S/C31H38ClN3O5S/c1-30(2,3)39-28(37)34-15-11-20(12-16-34)23-8-7-22(19-24(23)32)33-27(36)26-10-9-25(41-26)21-13-17-35(18-14-21)29(38)40-31(4,5)6/h7-11,13,19H,12,14-18H2,1-6H3,(H,33,36). The van der Waals surface area contributed by atoms with Crippen LogP contribution in [0.3, 0.4) is 0 Å². The summed E-state index contributed by atoms with van der Waals surface area (Å²) in [6.45, 7) is 13.2. The van der Waals surface area contributed by atoms with Gasteiger partial charge in [-0.3, -0.25) is 4.79 Å². The molecule has 0 bridgehead atoms. The second-order valence-corrected chi connectivity index (χ2v) is 13.6. The van der Waals surface area contributed by atoms with Crippen LogP contribution in [0.25, 0.3) is 11.1 Å². The fraction of sp³-hybridized carbons (Fsp3) is 0.452. The Labute approximate surface area is 250 Å². The molecule has 0 saturated heterocycles. The second-order valence-electron chi connectivity index (χ2n) is 12.1. The second kappa shape index (κ2) is 12.3. The van der Waals surface area contributed by atoms with Gasteiger partial charge in [-0.2, -0.15) is 0 Å². The number of halogens is 1. The van der Waals surface area contributed by atoms with Crippen molar-refractivity contribution in [3.05, 3.63) is 62.8 Å². The van der Waals surface area contributed by atoms with Crippen LogP contribution >= 0.6 is 22.9 Å². The highest BCUT2D eigenvalue weighted by Gasteiger charge is 2.26. The van der Waals surface area contributed by atoms with Crippen molar-refractivity contribution in [2.24, 2.45) is 0 Å². The summed E-state index contributed by atoms with van der Waals surface area (Å²) < 4.78 is 10.9. The van der Waals surface area contributed by atoms with Gasteiger partial charge in [-0.25, -0.2) is 9.59 Å². The molecule has 8 nitrogen and oxygen atoms in total. The lowest BCUT2D eigenvalue weighted by Crippen LogP contribution is -2.39. The van der Waals surface area contributed by atoms with E-state index in [1.54, 1.807) is 15.9 Å². The molecular formula is C31H38ClN3O5S. The molecule has 2 aliphatic heterocycles. The quantitative estimate of drug-likeness (QED) is 0.389. The Kier molecular flexibility index (Phi) is 9.19. The fourth-order valence-corrected chi connectivity index (χ4v) is 5.74. The van der Waals surface area contributed by atoms with Crippen molar-refractivity contribution in [3.63, 3.8) is 0 Å². The number of anilines is 1. The largest absolute Gasteiger partial charge is 0.444 e. The minimum absolute atomic E-state index is 0.207. The van der Waals surface area contributed by atoms with Crippen molar-refractivity contribution in [3.8, 4) is 0 Å². The predicted molar refractivity (Wildman–Crippen MR) is 165 cm³/mol. The van der Waals surface area contributed by atoms with Gasteiger partial charge in [0.2, 0.25) is 0 Å². The number of hydrogen-bond acceptors (Lipinski definition) is 6. The smallest absolute Gasteiger partial charge is 0.410 e. The third kappa shape index (κ3) is 8.36. The zero-order valence-electron chi connectivity index (χ0n) is 24.5. The van der Waals surface area contributed by atoms with E-state index >= 15 is 0 Å². The van der Waals surface area contributed by atoms with Crippen molar-refractivity contribution < 1.29 is 23.9 Å². The molecular weight excluding hydrogens is 562 g/mol. The number of nitrogens with zero attached hydrogens (tertiary/aromatic N) is 2. The number of ether oxygens (including phenoxy) is 2. The van der Waals surface area contributed by atoms with Crippen molar-refractivity contribution in [2.75, 3.05) is 31.5 Å². The summed E-state index contributed by atoms with van der Waals surface area (Å²) >= 11 is 8.04. The van der Waals surface area contributed by atoms with Gasteiger partial charge in [0.1, 0.15) is 11.2 Å². The number of amides is 3. The SMILES string of the molecule is CC(C)(C)OC(=O)N1CC=C(c2ccc(C(=O)Nc3ccc(C4=CCN(C(=O)OC(C)(C)C)CC4)c(Cl)c3)s2)CC1. The third-order valence-electron chi connectivity index (χ3n) is 6.44. The Morgan fingerprint density at radius 1 is 0.829 bits per heavy atom. The summed E-state index contributed by atoms with van der Waals surface area (Å²) in [5, 5.41) is 3.48. The van der Waals surface area contributed by atoms with Crippen LogP contribution in [-0.4, -0.2) is 65.3 Å². The van der Waals surface area contributed by atoms with Crippen LogP contribution in [0.5, 0.6) is 0 Å². The monoisotopic (exact) mass is 599 g/mol. The summed E-state index contributed by atoms with van der Waals surface area (Å²) in [4.78, 5) is 42.6. The Morgan fingerprint density at radius 3 is 1.88 bits per heavy atom. The summed E-state index contributed by atoms with van der Waals surface area (Å²) in [5.41, 5.74) is 2.61. The maximum Gasteiger partial charge on any atom is 0.410 e. The summed E-state index contributed by atoms with van der Waals surface area (Å²) in [6.07, 6.45) is 4.73. The first kappa shape index (κ1) is 30.7. The van der Waals surface area contributed by atoms with Gasteiger partial charge in [0.15, 0.2) is 0 Å². The van der Waals surface area contributed by atoms with Gasteiger partial charge < -0.3 is 24.6 Å². The predicted octanol–water partition coefficient (Wildman–Crippen LogP) is 7.70. The molecule has 1 aromatic carbocycles. The number of carbonyl (C=O) groups excluding carboxylic acids is 3. The molecule has 4 rings (SSSR count). The Morgan fingerprint density at radius 2 is 1.39 bits per heavy atom. The molecule has 0 fully saturated rings. The molecule has 0 aliphatic carbocycles. The van der Waals surface area contributed by atoms with Crippen LogP contribution in [-0.2, 0) is 9.47 Å². The fourth-order valence-electron chi connectivity index (χ4n) is 4.47. The summed E-state index contributed by atoms with van der Waals surface area (Å²) in [7, 11) is 0. The van der Waals surface area contributed by atoms with Crippen LogP contribution in [0.2, 0.25) is 5.02 Å². The summed E-state index contributed by atoms with van der Waals surface area (Å²) in [5.74, 6) is -0.207. The van der Waals surface area contributed by atoms with Gasteiger partial charge in [-0.15, -0.1) is 11.3 Å². The first-order valence-corrected chi connectivity index (χ1v) is 14.9. The van der Waals surface area contributed by atoms with E-state index in [-0.39, 0.29) is 18.1 Å². The molecule has 3 heterocycles. The van der Waals surface area contributed by atoms with E-state index in [1.165, 1.54) is 11.3 Å². The Balaban J connectivity index is 1.34. The molecule has 0 radical (unpaired) electrons. The number of nitrogens with one attached hydrogen (secondary N) is 1. The molecule has 2 aliphatic rings. The van der Waals surface area contributed by atoms with Crippen LogP contribution < -0.4 is 5.32 Å². The number of rotatable bonds is 4. The number of benzene rings is 1. The minimum Gasteiger partial charge on any atom is -0.444 e. The molecule has 1 aromatic heterocycles. The van der Waals surface area contributed by atoms with Crippen LogP contribution in [0.4, 0.5) is 15.3 Å². The Bertz CT molecular complexity index is 1380. The maximum atomic E-state index is 13.0. The van der Waals surface area contributed by atoms with E-state index in [9.17, 15) is 14.4 Å². The van der Waals surface area contributed by atoms with Crippen molar-refractivity contribution >= 4 is 57.9 Å². The third-order valence-corrected chi connectivity index (χ3v) is 7.91. The van der Waals surface area contributed by atoms with E-state index in [4.69, 9.17) is 21.1 Å². The lowest BCUT2D eigenvalue weighted by Gasteiger charge is -2.29.